The van der Waals surface area contributed by atoms with E-state index in [4.69, 9.17) is 10.6 Å². The van der Waals surface area contributed by atoms with Crippen LogP contribution in [-0.2, 0) is 11.2 Å². The zero-order valence-corrected chi connectivity index (χ0v) is 11.6. The molecule has 0 amide bonds. The van der Waals surface area contributed by atoms with Gasteiger partial charge in [-0.25, -0.2) is 0 Å². The Balaban J connectivity index is 2.16. The highest BCUT2D eigenvalue weighted by Gasteiger charge is 2.26. The number of hydrogen-bond acceptors (Lipinski definition) is 3. The van der Waals surface area contributed by atoms with Gasteiger partial charge in [0.15, 0.2) is 0 Å². The second-order valence-corrected chi connectivity index (χ2v) is 5.41. The summed E-state index contributed by atoms with van der Waals surface area (Å²) in [5.74, 6) is 5.70. The smallest absolute Gasteiger partial charge is 0.0745 e. The van der Waals surface area contributed by atoms with Gasteiger partial charge < -0.3 is 4.74 Å². The highest BCUT2D eigenvalue weighted by Crippen LogP contribution is 2.22. The van der Waals surface area contributed by atoms with Gasteiger partial charge in [-0.15, -0.1) is 0 Å². The van der Waals surface area contributed by atoms with Crippen molar-refractivity contribution in [3.05, 3.63) is 34.4 Å². The maximum Gasteiger partial charge on any atom is 0.0745 e. The molecule has 18 heavy (non-hydrogen) atoms. The molecule has 0 radical (unpaired) electrons. The zero-order chi connectivity index (χ0) is 13.1. The van der Waals surface area contributed by atoms with Crippen molar-refractivity contribution in [3.8, 4) is 0 Å². The molecule has 3 N–H and O–H groups in total. The first-order valence-electron chi connectivity index (χ1n) is 6.76. The monoisotopic (exact) mass is 248 g/mol. The fourth-order valence-electron chi connectivity index (χ4n) is 2.97. The van der Waals surface area contributed by atoms with E-state index in [-0.39, 0.29) is 12.1 Å². The van der Waals surface area contributed by atoms with Gasteiger partial charge in [0.1, 0.15) is 0 Å². The summed E-state index contributed by atoms with van der Waals surface area (Å²) < 4.78 is 5.74. The first-order chi connectivity index (χ1) is 8.61. The third-order valence-corrected chi connectivity index (χ3v) is 3.89. The lowest BCUT2D eigenvalue weighted by atomic mass is 9.92. The molecule has 0 spiro atoms. The molecule has 1 aromatic rings. The number of ether oxygens (including phenoxy) is 1. The van der Waals surface area contributed by atoms with Crippen LogP contribution < -0.4 is 11.3 Å². The molecule has 2 unspecified atom stereocenters. The van der Waals surface area contributed by atoms with Gasteiger partial charge in [-0.2, -0.15) is 0 Å². The topological polar surface area (TPSA) is 47.3 Å². The summed E-state index contributed by atoms with van der Waals surface area (Å²) in [6, 6.07) is 4.70. The Morgan fingerprint density at radius 2 is 2.00 bits per heavy atom. The third kappa shape index (κ3) is 2.91. The van der Waals surface area contributed by atoms with Gasteiger partial charge >= 0.3 is 0 Å². The normalized spacial score (nSPS) is 21.2. The van der Waals surface area contributed by atoms with E-state index in [0.717, 1.165) is 25.9 Å². The van der Waals surface area contributed by atoms with Gasteiger partial charge in [0.05, 0.1) is 12.1 Å². The van der Waals surface area contributed by atoms with Gasteiger partial charge in [-0.1, -0.05) is 17.7 Å². The lowest BCUT2D eigenvalue weighted by Crippen LogP contribution is -2.45. The van der Waals surface area contributed by atoms with Gasteiger partial charge in [0.25, 0.3) is 0 Å². The van der Waals surface area contributed by atoms with Crippen LogP contribution in [0.4, 0.5) is 0 Å². The first-order valence-corrected chi connectivity index (χ1v) is 6.76. The van der Waals surface area contributed by atoms with Crippen LogP contribution in [0.3, 0.4) is 0 Å². The second kappa shape index (κ2) is 5.83. The molecular formula is C15H24N2O. The standard InChI is InChI=1S/C15H24N2O/c1-10-7-11(2)13(12(3)8-10)9-14(17-16)15-5-4-6-18-15/h7-8,14-15,17H,4-6,9,16H2,1-3H3. The van der Waals surface area contributed by atoms with Crippen LogP contribution in [0.5, 0.6) is 0 Å². The molecule has 0 bridgehead atoms. The molecule has 3 heteroatoms. The summed E-state index contributed by atoms with van der Waals surface area (Å²) in [5, 5.41) is 0. The lowest BCUT2D eigenvalue weighted by molar-refractivity contribution is 0.0783. The van der Waals surface area contributed by atoms with Crippen LogP contribution >= 0.6 is 0 Å². The summed E-state index contributed by atoms with van der Waals surface area (Å²) in [4.78, 5) is 0. The van der Waals surface area contributed by atoms with Crippen LogP contribution in [0.1, 0.15) is 35.1 Å². The SMILES string of the molecule is Cc1cc(C)c(CC(NN)C2CCCO2)c(C)c1. The quantitative estimate of drug-likeness (QED) is 0.634. The molecule has 3 nitrogen and oxygen atoms in total. The molecule has 1 fully saturated rings. The van der Waals surface area contributed by atoms with E-state index >= 15 is 0 Å². The van der Waals surface area contributed by atoms with Gasteiger partial charge in [-0.05, 0) is 56.7 Å². The Hall–Kier alpha value is -0.900. The summed E-state index contributed by atoms with van der Waals surface area (Å²) in [6.07, 6.45) is 3.46. The van der Waals surface area contributed by atoms with Crippen molar-refractivity contribution in [2.45, 2.75) is 52.2 Å². The van der Waals surface area contributed by atoms with Crippen LogP contribution in [0, 0.1) is 20.8 Å². The number of hydrogen-bond donors (Lipinski definition) is 2. The molecule has 100 valence electrons. The molecule has 1 heterocycles. The van der Waals surface area contributed by atoms with Gasteiger partial charge in [0, 0.05) is 6.61 Å². The van der Waals surface area contributed by atoms with Crippen LogP contribution in [-0.4, -0.2) is 18.8 Å². The van der Waals surface area contributed by atoms with E-state index in [1.54, 1.807) is 0 Å². The molecule has 1 aliphatic rings. The number of hydrazine groups is 1. The predicted molar refractivity (Wildman–Crippen MR) is 74.4 cm³/mol. The second-order valence-electron chi connectivity index (χ2n) is 5.41. The Morgan fingerprint density at radius 3 is 2.50 bits per heavy atom. The Bertz CT molecular complexity index is 388. The van der Waals surface area contributed by atoms with E-state index in [2.05, 4.69) is 38.3 Å². The van der Waals surface area contributed by atoms with Gasteiger partial charge in [0.2, 0.25) is 0 Å². The minimum Gasteiger partial charge on any atom is -0.377 e. The van der Waals surface area contributed by atoms with E-state index < -0.39 is 0 Å². The number of nitrogens with two attached hydrogens (primary N) is 1. The number of rotatable bonds is 4. The van der Waals surface area contributed by atoms with Crippen molar-refractivity contribution in [3.63, 3.8) is 0 Å². The largest absolute Gasteiger partial charge is 0.377 e. The maximum atomic E-state index is 5.74. The first kappa shape index (κ1) is 13.5. The van der Waals surface area contributed by atoms with Crippen molar-refractivity contribution >= 4 is 0 Å². The molecule has 0 aliphatic carbocycles. The minimum absolute atomic E-state index is 0.215. The highest BCUT2D eigenvalue weighted by atomic mass is 16.5. The molecule has 0 saturated carbocycles. The van der Waals surface area contributed by atoms with Crippen molar-refractivity contribution in [2.75, 3.05) is 6.61 Å². The molecule has 1 aliphatic heterocycles. The average Bonchev–Trinajstić information content (AvgIpc) is 2.81. The number of aryl methyl sites for hydroxylation is 3. The van der Waals surface area contributed by atoms with Crippen molar-refractivity contribution in [1.29, 1.82) is 0 Å². The average molecular weight is 248 g/mol. The Labute approximate surface area is 110 Å². The van der Waals surface area contributed by atoms with Crippen molar-refractivity contribution in [1.82, 2.24) is 5.43 Å². The van der Waals surface area contributed by atoms with Crippen LogP contribution in [0.15, 0.2) is 12.1 Å². The van der Waals surface area contributed by atoms with Crippen LogP contribution in [0.25, 0.3) is 0 Å². The molecule has 0 aromatic heterocycles. The van der Waals surface area contributed by atoms with E-state index in [1.807, 2.05) is 0 Å². The summed E-state index contributed by atoms with van der Waals surface area (Å²) in [5.41, 5.74) is 8.37. The minimum atomic E-state index is 0.215. The lowest BCUT2D eigenvalue weighted by Gasteiger charge is -2.24. The summed E-state index contributed by atoms with van der Waals surface area (Å²) in [6.45, 7) is 7.37. The maximum absolute atomic E-state index is 5.74. The fraction of sp³-hybridized carbons (Fsp3) is 0.600. The number of benzene rings is 1. The van der Waals surface area contributed by atoms with E-state index in [1.165, 1.54) is 22.3 Å². The third-order valence-electron chi connectivity index (χ3n) is 3.89. The highest BCUT2D eigenvalue weighted by molar-refractivity contribution is 5.38. The molecule has 2 atom stereocenters. The molecule has 2 rings (SSSR count). The van der Waals surface area contributed by atoms with Crippen LogP contribution in [0.2, 0.25) is 0 Å². The van der Waals surface area contributed by atoms with E-state index in [9.17, 15) is 0 Å². The molecular weight excluding hydrogens is 224 g/mol. The Kier molecular flexibility index (Phi) is 4.38. The fourth-order valence-corrected chi connectivity index (χ4v) is 2.97. The predicted octanol–water partition coefficient (Wildman–Crippen LogP) is 2.17. The summed E-state index contributed by atoms with van der Waals surface area (Å²) in [7, 11) is 0. The zero-order valence-electron chi connectivity index (χ0n) is 11.6. The number of nitrogens with one attached hydrogen (secondary N) is 1. The van der Waals surface area contributed by atoms with Crippen molar-refractivity contribution in [2.24, 2.45) is 5.84 Å². The molecule has 1 aromatic carbocycles. The Morgan fingerprint density at radius 1 is 1.33 bits per heavy atom. The van der Waals surface area contributed by atoms with E-state index in [0.29, 0.717) is 0 Å². The van der Waals surface area contributed by atoms with Crippen molar-refractivity contribution < 1.29 is 4.74 Å². The summed E-state index contributed by atoms with van der Waals surface area (Å²) >= 11 is 0. The van der Waals surface area contributed by atoms with Gasteiger partial charge in [-0.3, -0.25) is 11.3 Å². The molecule has 1 saturated heterocycles.